The van der Waals surface area contributed by atoms with E-state index in [0.717, 1.165) is 17.7 Å². The van der Waals surface area contributed by atoms with E-state index in [1.807, 2.05) is 30.3 Å². The number of nitrogens with zero attached hydrogens (tertiary/aromatic N) is 2. The minimum Gasteiger partial charge on any atom is -0.352 e. The zero-order valence-electron chi connectivity index (χ0n) is 14.4. The van der Waals surface area contributed by atoms with Crippen LogP contribution in [0.5, 0.6) is 0 Å². The molecule has 7 heteroatoms. The van der Waals surface area contributed by atoms with Gasteiger partial charge in [-0.15, -0.1) is 0 Å². The molecule has 3 aromatic rings. The lowest BCUT2D eigenvalue weighted by molar-refractivity contribution is 0.0784. The van der Waals surface area contributed by atoms with Gasteiger partial charge in [0.1, 0.15) is 0 Å². The van der Waals surface area contributed by atoms with Gasteiger partial charge in [0.2, 0.25) is 0 Å². The molecule has 2 aromatic carbocycles. The van der Waals surface area contributed by atoms with Crippen LogP contribution >= 0.6 is 0 Å². The van der Waals surface area contributed by atoms with Gasteiger partial charge in [-0.2, -0.15) is 0 Å². The van der Waals surface area contributed by atoms with E-state index in [0.29, 0.717) is 6.54 Å². The van der Waals surface area contributed by atoms with E-state index in [9.17, 15) is 18.0 Å². The smallest absolute Gasteiger partial charge is 0.255 e. The number of rotatable bonds is 5. The minimum absolute atomic E-state index is 0.252. The second kappa shape index (κ2) is 7.90. The van der Waals surface area contributed by atoms with E-state index < -0.39 is 17.5 Å². The van der Waals surface area contributed by atoms with Gasteiger partial charge < -0.3 is 10.2 Å². The van der Waals surface area contributed by atoms with E-state index in [2.05, 4.69) is 10.3 Å². The van der Waals surface area contributed by atoms with Gasteiger partial charge in [-0.3, -0.25) is 9.78 Å². The molecule has 27 heavy (non-hydrogen) atoms. The SMILES string of the molecule is CN(Cc1ccccc1)C(=O)c1cncc(Nc2ccc(F)c(F)c2F)c1. The summed E-state index contributed by atoms with van der Waals surface area (Å²) in [7, 11) is 1.66. The van der Waals surface area contributed by atoms with Crippen molar-refractivity contribution in [3.63, 3.8) is 0 Å². The molecule has 1 N–H and O–H groups in total. The molecule has 0 atom stereocenters. The molecule has 1 heterocycles. The maximum Gasteiger partial charge on any atom is 0.255 e. The summed E-state index contributed by atoms with van der Waals surface area (Å²) >= 11 is 0. The summed E-state index contributed by atoms with van der Waals surface area (Å²) in [6.45, 7) is 0.412. The number of halogens is 3. The summed E-state index contributed by atoms with van der Waals surface area (Å²) in [4.78, 5) is 18.1. The van der Waals surface area contributed by atoms with E-state index in [1.165, 1.54) is 23.4 Å². The van der Waals surface area contributed by atoms with Crippen molar-refractivity contribution in [1.29, 1.82) is 0 Å². The monoisotopic (exact) mass is 371 g/mol. The standard InChI is InChI=1S/C20H16F3N3O/c1-26(12-13-5-3-2-4-6-13)20(27)14-9-15(11-24-10-14)25-17-8-7-16(21)18(22)19(17)23/h2-11,25H,12H2,1H3. The first kappa shape index (κ1) is 18.4. The fourth-order valence-electron chi connectivity index (χ4n) is 2.55. The third kappa shape index (κ3) is 4.25. The number of nitrogens with one attached hydrogen (secondary N) is 1. The summed E-state index contributed by atoms with van der Waals surface area (Å²) in [6, 6.07) is 12.8. The number of benzene rings is 2. The number of carbonyl (C=O) groups excluding carboxylic acids is 1. The van der Waals surface area contributed by atoms with Crippen molar-refractivity contribution in [2.75, 3.05) is 12.4 Å². The van der Waals surface area contributed by atoms with Crippen LogP contribution in [-0.4, -0.2) is 22.8 Å². The highest BCUT2D eigenvalue weighted by Gasteiger charge is 2.16. The second-order valence-electron chi connectivity index (χ2n) is 5.96. The largest absolute Gasteiger partial charge is 0.352 e. The van der Waals surface area contributed by atoms with Crippen molar-refractivity contribution in [3.05, 3.63) is 89.5 Å². The first-order valence-electron chi connectivity index (χ1n) is 8.10. The number of hydrogen-bond acceptors (Lipinski definition) is 3. The van der Waals surface area contributed by atoms with E-state index in [4.69, 9.17) is 0 Å². The van der Waals surface area contributed by atoms with Crippen molar-refractivity contribution in [2.45, 2.75) is 6.54 Å². The number of pyridine rings is 1. The fraction of sp³-hybridized carbons (Fsp3) is 0.100. The van der Waals surface area contributed by atoms with Crippen LogP contribution in [0.2, 0.25) is 0 Å². The van der Waals surface area contributed by atoms with Crippen LogP contribution in [0.1, 0.15) is 15.9 Å². The second-order valence-corrected chi connectivity index (χ2v) is 5.96. The lowest BCUT2D eigenvalue weighted by Gasteiger charge is -2.17. The summed E-state index contributed by atoms with van der Waals surface area (Å²) < 4.78 is 40.2. The molecule has 0 aliphatic carbocycles. The predicted molar refractivity (Wildman–Crippen MR) is 96.1 cm³/mol. The van der Waals surface area contributed by atoms with E-state index in [1.54, 1.807) is 7.05 Å². The molecule has 0 saturated carbocycles. The molecule has 0 spiro atoms. The Balaban J connectivity index is 1.77. The molecule has 0 aliphatic rings. The maximum absolute atomic E-state index is 13.8. The molecule has 0 bridgehead atoms. The highest BCUT2D eigenvalue weighted by Crippen LogP contribution is 2.24. The molecule has 1 aromatic heterocycles. The molecular formula is C20H16F3N3O. The van der Waals surface area contributed by atoms with Crippen molar-refractivity contribution in [3.8, 4) is 0 Å². The molecule has 0 aliphatic heterocycles. The Morgan fingerprint density at radius 1 is 1.04 bits per heavy atom. The van der Waals surface area contributed by atoms with Crippen LogP contribution in [0, 0.1) is 17.5 Å². The summed E-state index contributed by atoms with van der Waals surface area (Å²) in [5.74, 6) is -4.46. The predicted octanol–water partition coefficient (Wildman–Crippen LogP) is 4.51. The lowest BCUT2D eigenvalue weighted by atomic mass is 10.2. The van der Waals surface area contributed by atoms with Gasteiger partial charge in [-0.1, -0.05) is 30.3 Å². The first-order valence-corrected chi connectivity index (χ1v) is 8.10. The third-order valence-corrected chi connectivity index (χ3v) is 3.91. The Labute approximate surface area is 154 Å². The highest BCUT2D eigenvalue weighted by atomic mass is 19.2. The summed E-state index contributed by atoms with van der Waals surface area (Å²) in [5.41, 5.74) is 1.28. The molecule has 0 unspecified atom stereocenters. The van der Waals surface area contributed by atoms with Crippen LogP contribution in [0.4, 0.5) is 24.5 Å². The van der Waals surface area contributed by atoms with Crippen molar-refractivity contribution < 1.29 is 18.0 Å². The summed E-state index contributed by atoms with van der Waals surface area (Å²) in [6.07, 6.45) is 2.74. The Morgan fingerprint density at radius 2 is 1.78 bits per heavy atom. The average molecular weight is 371 g/mol. The lowest BCUT2D eigenvalue weighted by Crippen LogP contribution is -2.26. The van der Waals surface area contributed by atoms with Crippen LogP contribution in [-0.2, 0) is 6.54 Å². The fourth-order valence-corrected chi connectivity index (χ4v) is 2.55. The van der Waals surface area contributed by atoms with Gasteiger partial charge in [-0.05, 0) is 23.8 Å². The van der Waals surface area contributed by atoms with E-state index in [-0.39, 0.29) is 22.8 Å². The van der Waals surface area contributed by atoms with Gasteiger partial charge in [0.15, 0.2) is 17.5 Å². The Morgan fingerprint density at radius 3 is 2.52 bits per heavy atom. The number of hydrogen-bond donors (Lipinski definition) is 1. The third-order valence-electron chi connectivity index (χ3n) is 3.91. The zero-order chi connectivity index (χ0) is 19.4. The quantitative estimate of drug-likeness (QED) is 0.671. The molecule has 0 radical (unpaired) electrons. The maximum atomic E-state index is 13.8. The molecule has 0 fully saturated rings. The first-order chi connectivity index (χ1) is 13.0. The number of aromatic nitrogens is 1. The highest BCUT2D eigenvalue weighted by molar-refractivity contribution is 5.94. The van der Waals surface area contributed by atoms with Crippen LogP contribution in [0.25, 0.3) is 0 Å². The normalized spacial score (nSPS) is 10.5. The molecular weight excluding hydrogens is 355 g/mol. The number of carbonyl (C=O) groups is 1. The van der Waals surface area contributed by atoms with Crippen molar-refractivity contribution in [1.82, 2.24) is 9.88 Å². The minimum atomic E-state index is -1.57. The van der Waals surface area contributed by atoms with Gasteiger partial charge in [0.05, 0.1) is 23.1 Å². The van der Waals surface area contributed by atoms with Crippen LogP contribution in [0.15, 0.2) is 60.9 Å². The molecule has 138 valence electrons. The van der Waals surface area contributed by atoms with Gasteiger partial charge in [0.25, 0.3) is 5.91 Å². The topological polar surface area (TPSA) is 45.2 Å². The van der Waals surface area contributed by atoms with Gasteiger partial charge >= 0.3 is 0 Å². The Kier molecular flexibility index (Phi) is 5.40. The Hall–Kier alpha value is -3.35. The van der Waals surface area contributed by atoms with Crippen molar-refractivity contribution in [2.24, 2.45) is 0 Å². The van der Waals surface area contributed by atoms with Crippen molar-refractivity contribution >= 4 is 17.3 Å². The zero-order valence-corrected chi connectivity index (χ0v) is 14.4. The Bertz CT molecular complexity index is 964. The van der Waals surface area contributed by atoms with Gasteiger partial charge in [0, 0.05) is 19.8 Å². The average Bonchev–Trinajstić information content (AvgIpc) is 2.69. The van der Waals surface area contributed by atoms with E-state index >= 15 is 0 Å². The number of anilines is 2. The molecule has 4 nitrogen and oxygen atoms in total. The van der Waals surface area contributed by atoms with Crippen LogP contribution in [0.3, 0.4) is 0 Å². The molecule has 3 rings (SSSR count). The molecule has 0 saturated heterocycles. The summed E-state index contributed by atoms with van der Waals surface area (Å²) in [5, 5.41) is 2.61. The van der Waals surface area contributed by atoms with Gasteiger partial charge in [-0.25, -0.2) is 13.2 Å². The van der Waals surface area contributed by atoms with Crippen LogP contribution < -0.4 is 5.32 Å². The number of amides is 1. The molecule has 1 amide bonds.